The lowest BCUT2D eigenvalue weighted by atomic mass is 9.93. The standard InChI is InChI=1S/C25H32O2/c1-4-23(21-15-9-5-10-16-21)24(22-17-11-6-12-18-22)25(26)27-19-13-7-8-14-20(2)3/h5-6,9-12,15-18,20H,4,7-8,13-14,19H2,1-3H3. The maximum Gasteiger partial charge on any atom is 0.339 e. The molecule has 0 saturated carbocycles. The number of carbonyl (C=O) groups is 1. The largest absolute Gasteiger partial charge is 0.462 e. The van der Waals surface area contributed by atoms with Gasteiger partial charge in [-0.05, 0) is 35.5 Å². The maximum atomic E-state index is 13.0. The summed E-state index contributed by atoms with van der Waals surface area (Å²) in [4.78, 5) is 13.0. The second-order valence-corrected chi connectivity index (χ2v) is 7.32. The molecule has 0 aliphatic rings. The fourth-order valence-electron chi connectivity index (χ4n) is 3.25. The van der Waals surface area contributed by atoms with Crippen LogP contribution in [0.25, 0.3) is 11.1 Å². The van der Waals surface area contributed by atoms with Gasteiger partial charge >= 0.3 is 5.97 Å². The van der Waals surface area contributed by atoms with E-state index in [9.17, 15) is 4.79 Å². The molecule has 0 aliphatic heterocycles. The normalized spacial score (nSPS) is 12.0. The second kappa shape index (κ2) is 11.4. The zero-order valence-corrected chi connectivity index (χ0v) is 16.9. The van der Waals surface area contributed by atoms with Gasteiger partial charge in [0.2, 0.25) is 0 Å². The molecule has 2 rings (SSSR count). The van der Waals surface area contributed by atoms with Gasteiger partial charge in [-0.3, -0.25) is 0 Å². The van der Waals surface area contributed by atoms with Crippen LogP contribution in [0.2, 0.25) is 0 Å². The first-order valence-electron chi connectivity index (χ1n) is 10.1. The van der Waals surface area contributed by atoms with Crippen molar-refractivity contribution in [3.63, 3.8) is 0 Å². The van der Waals surface area contributed by atoms with Gasteiger partial charge in [0.1, 0.15) is 0 Å². The third-order valence-electron chi connectivity index (χ3n) is 4.70. The Morgan fingerprint density at radius 2 is 1.44 bits per heavy atom. The highest BCUT2D eigenvalue weighted by atomic mass is 16.5. The number of unbranched alkanes of at least 4 members (excludes halogenated alkanes) is 2. The molecule has 2 aromatic carbocycles. The number of benzene rings is 2. The van der Waals surface area contributed by atoms with Gasteiger partial charge in [0, 0.05) is 0 Å². The third-order valence-corrected chi connectivity index (χ3v) is 4.70. The van der Waals surface area contributed by atoms with Crippen LogP contribution in [-0.4, -0.2) is 12.6 Å². The van der Waals surface area contributed by atoms with Crippen molar-refractivity contribution in [2.45, 2.75) is 52.9 Å². The highest BCUT2D eigenvalue weighted by molar-refractivity contribution is 6.24. The number of allylic oxidation sites excluding steroid dienone is 1. The quantitative estimate of drug-likeness (QED) is 0.201. The van der Waals surface area contributed by atoms with Crippen LogP contribution in [0.4, 0.5) is 0 Å². The van der Waals surface area contributed by atoms with Crippen LogP contribution in [0.15, 0.2) is 60.7 Å². The average molecular weight is 365 g/mol. The minimum atomic E-state index is -0.217. The summed E-state index contributed by atoms with van der Waals surface area (Å²) < 4.78 is 5.67. The van der Waals surface area contributed by atoms with Crippen molar-refractivity contribution in [1.29, 1.82) is 0 Å². The highest BCUT2D eigenvalue weighted by Gasteiger charge is 2.19. The summed E-state index contributed by atoms with van der Waals surface area (Å²) in [5.74, 6) is 0.518. The summed E-state index contributed by atoms with van der Waals surface area (Å²) >= 11 is 0. The third kappa shape index (κ3) is 6.71. The number of hydrogen-bond donors (Lipinski definition) is 0. The topological polar surface area (TPSA) is 26.3 Å². The summed E-state index contributed by atoms with van der Waals surface area (Å²) in [6.45, 7) is 7.06. The van der Waals surface area contributed by atoms with Crippen molar-refractivity contribution in [2.24, 2.45) is 5.92 Å². The summed E-state index contributed by atoms with van der Waals surface area (Å²) in [7, 11) is 0. The van der Waals surface area contributed by atoms with Gasteiger partial charge in [-0.2, -0.15) is 0 Å². The second-order valence-electron chi connectivity index (χ2n) is 7.32. The molecule has 0 saturated heterocycles. The van der Waals surface area contributed by atoms with Gasteiger partial charge in [-0.1, -0.05) is 101 Å². The van der Waals surface area contributed by atoms with E-state index in [1.54, 1.807) is 0 Å². The van der Waals surface area contributed by atoms with E-state index in [0.29, 0.717) is 12.2 Å². The minimum Gasteiger partial charge on any atom is -0.462 e. The molecule has 2 aromatic rings. The molecule has 0 N–H and O–H groups in total. The lowest BCUT2D eigenvalue weighted by Gasteiger charge is -2.15. The van der Waals surface area contributed by atoms with Crippen molar-refractivity contribution in [1.82, 2.24) is 0 Å². The van der Waals surface area contributed by atoms with Crippen molar-refractivity contribution >= 4 is 17.1 Å². The SMILES string of the molecule is CCC(=C(C(=O)OCCCCCC(C)C)c1ccccc1)c1ccccc1. The maximum absolute atomic E-state index is 13.0. The monoisotopic (exact) mass is 364 g/mol. The van der Waals surface area contributed by atoms with Gasteiger partial charge in [0.25, 0.3) is 0 Å². The molecule has 0 radical (unpaired) electrons. The van der Waals surface area contributed by atoms with Gasteiger partial charge in [0.05, 0.1) is 12.2 Å². The molecule has 2 nitrogen and oxygen atoms in total. The smallest absolute Gasteiger partial charge is 0.339 e. The number of ether oxygens (including phenoxy) is 1. The molecule has 0 bridgehead atoms. The summed E-state index contributed by atoms with van der Waals surface area (Å²) in [6.07, 6.45) is 5.23. The van der Waals surface area contributed by atoms with E-state index in [4.69, 9.17) is 4.74 Å². The van der Waals surface area contributed by atoms with E-state index in [1.165, 1.54) is 12.8 Å². The van der Waals surface area contributed by atoms with E-state index in [0.717, 1.165) is 41.9 Å². The molecule has 0 spiro atoms. The van der Waals surface area contributed by atoms with E-state index in [-0.39, 0.29) is 5.97 Å². The van der Waals surface area contributed by atoms with Gasteiger partial charge in [-0.15, -0.1) is 0 Å². The van der Waals surface area contributed by atoms with E-state index >= 15 is 0 Å². The fraction of sp³-hybridized carbons (Fsp3) is 0.400. The van der Waals surface area contributed by atoms with Gasteiger partial charge < -0.3 is 4.74 Å². The van der Waals surface area contributed by atoms with Crippen molar-refractivity contribution < 1.29 is 9.53 Å². The molecule has 0 atom stereocenters. The zero-order valence-electron chi connectivity index (χ0n) is 16.9. The Hall–Kier alpha value is -2.35. The predicted octanol–water partition coefficient (Wildman–Crippen LogP) is 6.77. The molecule has 2 heteroatoms. The molecule has 0 amide bonds. The summed E-state index contributed by atoms with van der Waals surface area (Å²) in [6, 6.07) is 20.0. The Bertz CT molecular complexity index is 715. The molecular formula is C25H32O2. The van der Waals surface area contributed by atoms with Crippen LogP contribution >= 0.6 is 0 Å². The Balaban J connectivity index is 2.16. The van der Waals surface area contributed by atoms with Crippen molar-refractivity contribution in [2.75, 3.05) is 6.61 Å². The minimum absolute atomic E-state index is 0.217. The van der Waals surface area contributed by atoms with E-state index in [1.807, 2.05) is 48.5 Å². The molecule has 0 heterocycles. The predicted molar refractivity (Wildman–Crippen MR) is 114 cm³/mol. The van der Waals surface area contributed by atoms with Crippen LogP contribution in [0.3, 0.4) is 0 Å². The van der Waals surface area contributed by atoms with Crippen LogP contribution in [0.5, 0.6) is 0 Å². The summed E-state index contributed by atoms with van der Waals surface area (Å²) in [5, 5.41) is 0. The molecular weight excluding hydrogens is 332 g/mol. The highest BCUT2D eigenvalue weighted by Crippen LogP contribution is 2.30. The number of rotatable bonds is 10. The Labute approximate surface area is 164 Å². The van der Waals surface area contributed by atoms with Crippen LogP contribution in [0.1, 0.15) is 64.0 Å². The van der Waals surface area contributed by atoms with Crippen molar-refractivity contribution in [3.8, 4) is 0 Å². The molecule has 144 valence electrons. The zero-order chi connectivity index (χ0) is 19.5. The molecule has 0 aromatic heterocycles. The molecule has 27 heavy (non-hydrogen) atoms. The van der Waals surface area contributed by atoms with Crippen LogP contribution in [-0.2, 0) is 9.53 Å². The Morgan fingerprint density at radius 3 is 2.00 bits per heavy atom. The first kappa shape index (κ1) is 21.0. The number of carbonyl (C=O) groups excluding carboxylic acids is 1. The number of hydrogen-bond acceptors (Lipinski definition) is 2. The molecule has 0 fully saturated rings. The van der Waals surface area contributed by atoms with Crippen LogP contribution < -0.4 is 0 Å². The first-order chi connectivity index (χ1) is 13.1. The van der Waals surface area contributed by atoms with E-state index in [2.05, 4.69) is 32.9 Å². The number of esters is 1. The molecule has 0 aliphatic carbocycles. The van der Waals surface area contributed by atoms with E-state index < -0.39 is 0 Å². The Morgan fingerprint density at radius 1 is 0.852 bits per heavy atom. The fourth-order valence-corrected chi connectivity index (χ4v) is 3.25. The molecule has 0 unspecified atom stereocenters. The lowest BCUT2D eigenvalue weighted by Crippen LogP contribution is -2.10. The van der Waals surface area contributed by atoms with Crippen LogP contribution in [0, 0.1) is 5.92 Å². The Kier molecular flexibility index (Phi) is 8.83. The average Bonchev–Trinajstić information content (AvgIpc) is 2.69. The first-order valence-corrected chi connectivity index (χ1v) is 10.1. The lowest BCUT2D eigenvalue weighted by molar-refractivity contribution is -0.136. The van der Waals surface area contributed by atoms with Gasteiger partial charge in [0.15, 0.2) is 0 Å². The summed E-state index contributed by atoms with van der Waals surface area (Å²) in [5.41, 5.74) is 3.72. The van der Waals surface area contributed by atoms with Gasteiger partial charge in [-0.25, -0.2) is 4.79 Å². The van der Waals surface area contributed by atoms with Crippen molar-refractivity contribution in [3.05, 3.63) is 71.8 Å².